The van der Waals surface area contributed by atoms with Crippen LogP contribution in [0.1, 0.15) is 10.4 Å². The Hall–Kier alpha value is -0.470. The van der Waals surface area contributed by atoms with Crippen molar-refractivity contribution in [3.63, 3.8) is 0 Å². The number of rotatable bonds is 2. The second-order valence-corrected chi connectivity index (χ2v) is 3.47. The van der Waals surface area contributed by atoms with E-state index in [1.54, 1.807) is 12.1 Å². The molecule has 0 radical (unpaired) electrons. The predicted octanol–water partition coefficient (Wildman–Crippen LogP) is 1.78. The van der Waals surface area contributed by atoms with Crippen molar-refractivity contribution in [1.82, 2.24) is 0 Å². The third kappa shape index (κ3) is 2.02. The van der Waals surface area contributed by atoms with E-state index in [0.29, 0.717) is 0 Å². The van der Waals surface area contributed by atoms with Crippen molar-refractivity contribution in [2.75, 3.05) is 0 Å². The Morgan fingerprint density at radius 2 is 1.92 bits per heavy atom. The third-order valence-corrected chi connectivity index (χ3v) is 2.22. The van der Waals surface area contributed by atoms with Gasteiger partial charge in [-0.2, -0.15) is 0 Å². The van der Waals surface area contributed by atoms with Gasteiger partial charge in [0.15, 0.2) is 0 Å². The summed E-state index contributed by atoms with van der Waals surface area (Å²) in [7, 11) is -2.58. The summed E-state index contributed by atoms with van der Waals surface area (Å²) in [5.41, 5.74) is -0.578. The van der Waals surface area contributed by atoms with E-state index in [-0.39, 0.29) is 10.6 Å². The summed E-state index contributed by atoms with van der Waals surface area (Å²) < 4.78 is 0. The largest absolute Gasteiger partial charge is 0.344 e. The highest BCUT2D eigenvalue weighted by molar-refractivity contribution is 7.65. The zero-order chi connectivity index (χ0) is 9.14. The highest BCUT2D eigenvalue weighted by atomic mass is 35.5. The molecule has 0 unspecified atom stereocenters. The molecule has 0 saturated heterocycles. The fourth-order valence-corrected chi connectivity index (χ4v) is 1.44. The Kier molecular flexibility index (Phi) is 3.18. The number of carbonyl (C=O) groups is 1. The molecule has 3 nitrogen and oxygen atoms in total. The third-order valence-electron chi connectivity index (χ3n) is 1.29. The summed E-state index contributed by atoms with van der Waals surface area (Å²) in [5.74, 6) is 0. The minimum Gasteiger partial charge on any atom is -0.344 e. The number of hydrogen-bond acceptors (Lipinski definition) is 3. The van der Waals surface area contributed by atoms with Gasteiger partial charge < -0.3 is 9.79 Å². The Morgan fingerprint density at radius 3 is 2.42 bits per heavy atom. The van der Waals surface area contributed by atoms with E-state index in [1.807, 2.05) is 0 Å². The zero-order valence-electron chi connectivity index (χ0n) is 5.94. The summed E-state index contributed by atoms with van der Waals surface area (Å²) in [4.78, 5) is 28.2. The molecule has 0 aliphatic carbocycles. The number of hydrogen-bond donors (Lipinski definition) is 2. The Morgan fingerprint density at radius 1 is 1.33 bits per heavy atom. The van der Waals surface area contributed by atoms with Gasteiger partial charge in [0.05, 0.1) is 5.02 Å². The second-order valence-electron chi connectivity index (χ2n) is 2.07. The first-order chi connectivity index (χ1) is 5.63. The van der Waals surface area contributed by atoms with Crippen molar-refractivity contribution in [1.29, 1.82) is 0 Å². The van der Waals surface area contributed by atoms with E-state index in [0.717, 1.165) is 0 Å². The molecule has 1 rings (SSSR count). The van der Waals surface area contributed by atoms with E-state index in [1.165, 1.54) is 12.1 Å². The highest BCUT2D eigenvalue weighted by Crippen LogP contribution is 2.31. The summed E-state index contributed by atoms with van der Waals surface area (Å²) >= 11 is 5.63. The molecule has 0 bridgehead atoms. The van der Waals surface area contributed by atoms with Crippen LogP contribution in [-0.4, -0.2) is 15.3 Å². The predicted molar refractivity (Wildman–Crippen MR) is 47.1 cm³/mol. The van der Waals surface area contributed by atoms with Crippen LogP contribution in [0.4, 0.5) is 0 Å². The smallest absolute Gasteiger partial charge is 0.243 e. The molecule has 0 spiro atoms. The minimum atomic E-state index is -2.58. The number of benzene rings is 1. The van der Waals surface area contributed by atoms with Crippen LogP contribution in [0.5, 0.6) is 0 Å². The molecule has 1 aromatic rings. The van der Waals surface area contributed by atoms with Crippen molar-refractivity contribution < 1.29 is 14.6 Å². The van der Waals surface area contributed by atoms with Crippen LogP contribution >= 0.6 is 20.0 Å². The normalized spacial score (nSPS) is 10.3. The van der Waals surface area contributed by atoms with Crippen molar-refractivity contribution in [2.45, 2.75) is 0 Å². The van der Waals surface area contributed by atoms with Gasteiger partial charge in [0.2, 0.25) is 13.9 Å². The van der Waals surface area contributed by atoms with Gasteiger partial charge in [0, 0.05) is 5.56 Å². The molecule has 64 valence electrons. The molecule has 0 aliphatic rings. The van der Waals surface area contributed by atoms with Gasteiger partial charge in [0.25, 0.3) is 0 Å². The summed E-state index contributed by atoms with van der Waals surface area (Å²) in [5, 5.41) is 0.234. The van der Waals surface area contributed by atoms with E-state index in [2.05, 4.69) is 0 Å². The summed E-state index contributed by atoms with van der Waals surface area (Å²) in [6.45, 7) is 0. The first kappa shape index (κ1) is 9.62. The van der Waals surface area contributed by atoms with Crippen LogP contribution in [0.2, 0.25) is 5.02 Å². The minimum absolute atomic E-state index is 0.148. The van der Waals surface area contributed by atoms with Gasteiger partial charge in [0.1, 0.15) is 0 Å². The van der Waals surface area contributed by atoms with E-state index < -0.39 is 13.9 Å². The molecule has 0 fully saturated rings. The summed E-state index contributed by atoms with van der Waals surface area (Å²) in [6, 6.07) is 6.24. The molecule has 0 aliphatic heterocycles. The first-order valence-electron chi connectivity index (χ1n) is 3.09. The lowest BCUT2D eigenvalue weighted by atomic mass is 10.2. The molecule has 12 heavy (non-hydrogen) atoms. The van der Waals surface area contributed by atoms with Gasteiger partial charge in [-0.15, -0.1) is 0 Å². The Balaban J connectivity index is 3.03. The molecule has 0 saturated carbocycles. The Labute approximate surface area is 75.5 Å². The topological polar surface area (TPSA) is 57.5 Å². The molecular formula is C7H6ClO3P. The van der Waals surface area contributed by atoms with Gasteiger partial charge in [-0.1, -0.05) is 23.7 Å². The quantitative estimate of drug-likeness (QED) is 0.722. The van der Waals surface area contributed by atoms with Crippen molar-refractivity contribution in [3.05, 3.63) is 34.9 Å². The molecule has 0 heterocycles. The van der Waals surface area contributed by atoms with Crippen molar-refractivity contribution in [2.24, 2.45) is 0 Å². The molecule has 0 aromatic heterocycles. The standard InChI is InChI=1S/C7H6ClO3P/c8-6-4-2-1-3-5(6)7(9)12(10)11/h1-4,10-11H. The lowest BCUT2D eigenvalue weighted by Crippen LogP contribution is -1.96. The van der Waals surface area contributed by atoms with E-state index >= 15 is 0 Å². The molecule has 0 atom stereocenters. The maximum Gasteiger partial charge on any atom is 0.243 e. The highest BCUT2D eigenvalue weighted by Gasteiger charge is 2.17. The van der Waals surface area contributed by atoms with Crippen molar-refractivity contribution >= 4 is 25.5 Å². The van der Waals surface area contributed by atoms with Crippen LogP contribution < -0.4 is 0 Å². The van der Waals surface area contributed by atoms with E-state index in [9.17, 15) is 4.79 Å². The molecule has 1 aromatic carbocycles. The number of carbonyl (C=O) groups excluding carboxylic acids is 1. The fourth-order valence-electron chi connectivity index (χ4n) is 0.742. The lowest BCUT2D eigenvalue weighted by Gasteiger charge is -2.02. The van der Waals surface area contributed by atoms with Gasteiger partial charge in [-0.05, 0) is 12.1 Å². The van der Waals surface area contributed by atoms with Crippen LogP contribution in [0.15, 0.2) is 24.3 Å². The average Bonchev–Trinajstić information content (AvgIpc) is 2.04. The molecule has 5 heteroatoms. The first-order valence-corrected chi connectivity index (χ1v) is 4.72. The maximum atomic E-state index is 11.0. The zero-order valence-corrected chi connectivity index (χ0v) is 7.59. The SMILES string of the molecule is O=C(c1ccccc1Cl)P(O)O. The fraction of sp³-hybridized carbons (Fsp3) is 0. The molecule has 0 amide bonds. The van der Waals surface area contributed by atoms with Gasteiger partial charge >= 0.3 is 0 Å². The second kappa shape index (κ2) is 3.97. The van der Waals surface area contributed by atoms with Crippen LogP contribution in [-0.2, 0) is 0 Å². The van der Waals surface area contributed by atoms with Gasteiger partial charge in [-0.25, -0.2) is 0 Å². The van der Waals surface area contributed by atoms with Gasteiger partial charge in [-0.3, -0.25) is 4.79 Å². The Bertz CT molecular complexity index is 300. The van der Waals surface area contributed by atoms with Crippen LogP contribution in [0, 0.1) is 0 Å². The lowest BCUT2D eigenvalue weighted by molar-refractivity contribution is 0.106. The number of halogens is 1. The van der Waals surface area contributed by atoms with Crippen molar-refractivity contribution in [3.8, 4) is 0 Å². The molecule has 2 N–H and O–H groups in total. The summed E-state index contributed by atoms with van der Waals surface area (Å²) in [6.07, 6.45) is 0. The van der Waals surface area contributed by atoms with E-state index in [4.69, 9.17) is 21.4 Å². The average molecular weight is 205 g/mol. The maximum absolute atomic E-state index is 11.0. The van der Waals surface area contributed by atoms with Crippen LogP contribution in [0.3, 0.4) is 0 Å². The molecular weight excluding hydrogens is 199 g/mol. The monoisotopic (exact) mass is 204 g/mol. The van der Waals surface area contributed by atoms with Crippen LogP contribution in [0.25, 0.3) is 0 Å².